The van der Waals surface area contributed by atoms with Crippen LogP contribution in [0.5, 0.6) is 0 Å². The van der Waals surface area contributed by atoms with E-state index in [4.69, 9.17) is 9.84 Å². The maximum atomic E-state index is 11.9. The summed E-state index contributed by atoms with van der Waals surface area (Å²) < 4.78 is 10.7. The second kappa shape index (κ2) is 6.69. The summed E-state index contributed by atoms with van der Waals surface area (Å²) in [5.74, 6) is -1.17. The molecule has 9 heteroatoms. The largest absolute Gasteiger partial charge is 0.466 e. The molecule has 3 N–H and O–H groups in total. The van der Waals surface area contributed by atoms with E-state index >= 15 is 0 Å². The van der Waals surface area contributed by atoms with E-state index in [1.165, 1.54) is 19.4 Å². The summed E-state index contributed by atoms with van der Waals surface area (Å²) in [4.78, 5) is 36.7. The van der Waals surface area contributed by atoms with Gasteiger partial charge in [-0.2, -0.15) is 0 Å². The molecular formula is C13H16N2O7. The normalized spacial score (nSPS) is 24.8. The SMILES string of the molecule is COC(=O)C=Cc1cn(C2OCC(CO)C2O)c(=O)[nH]c1=O. The molecule has 1 aromatic rings. The van der Waals surface area contributed by atoms with Crippen molar-refractivity contribution in [3.8, 4) is 0 Å². The van der Waals surface area contributed by atoms with Crippen molar-refractivity contribution < 1.29 is 24.5 Å². The summed E-state index contributed by atoms with van der Waals surface area (Å²) in [7, 11) is 1.19. The van der Waals surface area contributed by atoms with Gasteiger partial charge in [0.25, 0.3) is 5.56 Å². The lowest BCUT2D eigenvalue weighted by atomic mass is 10.1. The van der Waals surface area contributed by atoms with E-state index in [-0.39, 0.29) is 18.8 Å². The van der Waals surface area contributed by atoms with E-state index in [9.17, 15) is 19.5 Å². The quantitative estimate of drug-likeness (QED) is 0.442. The number of methoxy groups -OCH3 is 1. The number of aliphatic hydroxyl groups excluding tert-OH is 2. The van der Waals surface area contributed by atoms with Crippen LogP contribution in [0.25, 0.3) is 6.08 Å². The Morgan fingerprint density at radius 2 is 2.32 bits per heavy atom. The van der Waals surface area contributed by atoms with Gasteiger partial charge in [0.1, 0.15) is 6.10 Å². The van der Waals surface area contributed by atoms with Crippen molar-refractivity contribution in [2.24, 2.45) is 5.92 Å². The van der Waals surface area contributed by atoms with Crippen LogP contribution in [0.3, 0.4) is 0 Å². The van der Waals surface area contributed by atoms with Crippen LogP contribution in [0.1, 0.15) is 11.8 Å². The molecule has 1 aliphatic heterocycles. The molecule has 22 heavy (non-hydrogen) atoms. The molecule has 0 aromatic carbocycles. The molecular weight excluding hydrogens is 296 g/mol. The highest BCUT2D eigenvalue weighted by atomic mass is 16.5. The number of ether oxygens (including phenoxy) is 2. The standard InChI is InChI=1S/C13H16N2O7/c1-21-9(17)3-2-7-4-15(13(20)14-11(7)19)12-10(18)8(5-16)6-22-12/h2-4,8,10,12,16,18H,5-6H2,1H3,(H,14,19,20). The van der Waals surface area contributed by atoms with Gasteiger partial charge in [-0.05, 0) is 6.08 Å². The summed E-state index contributed by atoms with van der Waals surface area (Å²) in [5, 5.41) is 19.1. The number of aromatic nitrogens is 2. The van der Waals surface area contributed by atoms with Crippen LogP contribution in [0, 0.1) is 5.92 Å². The molecule has 0 bridgehead atoms. The zero-order valence-corrected chi connectivity index (χ0v) is 11.8. The van der Waals surface area contributed by atoms with Crippen LogP contribution in [0.2, 0.25) is 0 Å². The smallest absolute Gasteiger partial charge is 0.330 e. The molecule has 0 spiro atoms. The lowest BCUT2D eigenvalue weighted by Crippen LogP contribution is -2.37. The van der Waals surface area contributed by atoms with Crippen LogP contribution in [0.4, 0.5) is 0 Å². The van der Waals surface area contributed by atoms with Crippen molar-refractivity contribution >= 4 is 12.0 Å². The lowest BCUT2D eigenvalue weighted by Gasteiger charge is -2.18. The summed E-state index contributed by atoms with van der Waals surface area (Å²) in [5.41, 5.74) is -1.43. The topological polar surface area (TPSA) is 131 Å². The number of rotatable bonds is 4. The third kappa shape index (κ3) is 3.16. The summed E-state index contributed by atoms with van der Waals surface area (Å²) in [6.07, 6.45) is 1.28. The Hall–Kier alpha value is -2.23. The first kappa shape index (κ1) is 16.1. The van der Waals surface area contributed by atoms with Gasteiger partial charge < -0.3 is 19.7 Å². The molecule has 1 fully saturated rings. The van der Waals surface area contributed by atoms with E-state index in [0.717, 1.165) is 10.6 Å². The fourth-order valence-electron chi connectivity index (χ4n) is 2.09. The van der Waals surface area contributed by atoms with Gasteiger partial charge in [-0.15, -0.1) is 0 Å². The Balaban J connectivity index is 2.37. The van der Waals surface area contributed by atoms with Crippen molar-refractivity contribution in [3.05, 3.63) is 38.7 Å². The molecule has 0 aliphatic carbocycles. The maximum Gasteiger partial charge on any atom is 0.330 e. The molecule has 0 amide bonds. The van der Waals surface area contributed by atoms with Gasteiger partial charge in [-0.3, -0.25) is 14.3 Å². The van der Waals surface area contributed by atoms with Crippen LogP contribution < -0.4 is 11.2 Å². The molecule has 3 atom stereocenters. The lowest BCUT2D eigenvalue weighted by molar-refractivity contribution is -0.134. The van der Waals surface area contributed by atoms with Crippen molar-refractivity contribution in [2.45, 2.75) is 12.3 Å². The van der Waals surface area contributed by atoms with E-state index in [1.807, 2.05) is 0 Å². The van der Waals surface area contributed by atoms with Gasteiger partial charge in [0.2, 0.25) is 0 Å². The molecule has 1 aromatic heterocycles. The highest BCUT2D eigenvalue weighted by Crippen LogP contribution is 2.27. The minimum atomic E-state index is -1.09. The predicted octanol–water partition coefficient (Wildman–Crippen LogP) is -1.78. The Morgan fingerprint density at radius 1 is 1.59 bits per heavy atom. The summed E-state index contributed by atoms with van der Waals surface area (Å²) in [6.45, 7) is -0.202. The van der Waals surface area contributed by atoms with Gasteiger partial charge in [-0.1, -0.05) is 0 Å². The van der Waals surface area contributed by atoms with Gasteiger partial charge in [0.05, 0.1) is 25.9 Å². The monoisotopic (exact) mass is 312 g/mol. The number of hydrogen-bond acceptors (Lipinski definition) is 7. The molecule has 120 valence electrons. The van der Waals surface area contributed by atoms with E-state index in [0.29, 0.717) is 0 Å². The Labute approximate surface area is 124 Å². The third-order valence-corrected chi connectivity index (χ3v) is 3.36. The average Bonchev–Trinajstić information content (AvgIpc) is 2.87. The zero-order valence-electron chi connectivity index (χ0n) is 11.8. The van der Waals surface area contributed by atoms with Gasteiger partial charge in [-0.25, -0.2) is 9.59 Å². The number of carbonyl (C=O) groups is 1. The van der Waals surface area contributed by atoms with Crippen molar-refractivity contribution in [1.82, 2.24) is 9.55 Å². The molecule has 9 nitrogen and oxygen atoms in total. The van der Waals surface area contributed by atoms with E-state index in [1.54, 1.807) is 0 Å². The zero-order chi connectivity index (χ0) is 16.3. The number of aromatic amines is 1. The van der Waals surface area contributed by atoms with Crippen LogP contribution in [-0.2, 0) is 14.3 Å². The number of nitrogens with one attached hydrogen (secondary N) is 1. The molecule has 2 heterocycles. The van der Waals surface area contributed by atoms with Gasteiger partial charge in [0, 0.05) is 18.2 Å². The first-order chi connectivity index (χ1) is 10.5. The van der Waals surface area contributed by atoms with Crippen LogP contribution in [0.15, 0.2) is 21.9 Å². The highest BCUT2D eigenvalue weighted by Gasteiger charge is 2.37. The fraction of sp³-hybridized carbons (Fsp3) is 0.462. The molecule has 0 saturated carbocycles. The fourth-order valence-corrected chi connectivity index (χ4v) is 2.09. The van der Waals surface area contributed by atoms with Crippen LogP contribution in [-0.4, -0.2) is 52.2 Å². The first-order valence-electron chi connectivity index (χ1n) is 6.50. The number of nitrogens with zero attached hydrogens (tertiary/aromatic N) is 1. The van der Waals surface area contributed by atoms with Crippen LogP contribution >= 0.6 is 0 Å². The van der Waals surface area contributed by atoms with Gasteiger partial charge in [0.15, 0.2) is 6.23 Å². The Bertz CT molecular complexity index is 690. The van der Waals surface area contributed by atoms with Gasteiger partial charge >= 0.3 is 11.7 Å². The molecule has 2 rings (SSSR count). The molecule has 0 radical (unpaired) electrons. The molecule has 1 saturated heterocycles. The minimum Gasteiger partial charge on any atom is -0.466 e. The van der Waals surface area contributed by atoms with E-state index in [2.05, 4.69) is 9.72 Å². The number of esters is 1. The number of aliphatic hydroxyl groups is 2. The second-order valence-electron chi connectivity index (χ2n) is 4.76. The van der Waals surface area contributed by atoms with Crippen molar-refractivity contribution in [2.75, 3.05) is 20.3 Å². The van der Waals surface area contributed by atoms with Crippen molar-refractivity contribution in [3.63, 3.8) is 0 Å². The number of carbonyl (C=O) groups excluding carboxylic acids is 1. The van der Waals surface area contributed by atoms with E-state index < -0.39 is 35.5 Å². The summed E-state index contributed by atoms with van der Waals surface area (Å²) >= 11 is 0. The maximum absolute atomic E-state index is 11.9. The Morgan fingerprint density at radius 3 is 2.91 bits per heavy atom. The third-order valence-electron chi connectivity index (χ3n) is 3.36. The minimum absolute atomic E-state index is 0.0215. The second-order valence-corrected chi connectivity index (χ2v) is 4.76. The first-order valence-corrected chi connectivity index (χ1v) is 6.50. The molecule has 1 aliphatic rings. The van der Waals surface area contributed by atoms with Crippen molar-refractivity contribution in [1.29, 1.82) is 0 Å². The highest BCUT2D eigenvalue weighted by molar-refractivity contribution is 5.86. The molecule has 3 unspecified atom stereocenters. The number of hydrogen-bond donors (Lipinski definition) is 3. The predicted molar refractivity (Wildman–Crippen MR) is 73.9 cm³/mol. The number of H-pyrrole nitrogens is 1. The average molecular weight is 312 g/mol. The summed E-state index contributed by atoms with van der Waals surface area (Å²) in [6, 6.07) is 0. The Kier molecular flexibility index (Phi) is 4.91.